The Morgan fingerprint density at radius 3 is 2.80 bits per heavy atom. The number of hydrogen-bond donors (Lipinski definition) is 1. The SMILES string of the molecule is Cc1ccc(Cn2nc(N)nc2Br)cn1. The Morgan fingerprint density at radius 2 is 2.27 bits per heavy atom. The van der Waals surface area contributed by atoms with Crippen molar-refractivity contribution < 1.29 is 0 Å². The van der Waals surface area contributed by atoms with Crippen molar-refractivity contribution in [3.05, 3.63) is 34.3 Å². The normalized spacial score (nSPS) is 10.5. The number of hydrogen-bond acceptors (Lipinski definition) is 4. The van der Waals surface area contributed by atoms with Gasteiger partial charge in [-0.2, -0.15) is 4.98 Å². The number of halogens is 1. The largest absolute Gasteiger partial charge is 0.366 e. The molecule has 0 aliphatic carbocycles. The Morgan fingerprint density at radius 1 is 1.47 bits per heavy atom. The van der Waals surface area contributed by atoms with Gasteiger partial charge in [0.15, 0.2) is 4.73 Å². The lowest BCUT2D eigenvalue weighted by Gasteiger charge is -2.01. The smallest absolute Gasteiger partial charge is 0.240 e. The van der Waals surface area contributed by atoms with Crippen LogP contribution in [0.5, 0.6) is 0 Å². The van der Waals surface area contributed by atoms with E-state index in [9.17, 15) is 0 Å². The van der Waals surface area contributed by atoms with Crippen molar-refractivity contribution in [2.75, 3.05) is 5.73 Å². The van der Waals surface area contributed by atoms with Crippen LogP contribution < -0.4 is 5.73 Å². The highest BCUT2D eigenvalue weighted by atomic mass is 79.9. The second-order valence-electron chi connectivity index (χ2n) is 3.20. The second kappa shape index (κ2) is 3.98. The number of aromatic nitrogens is 4. The third-order valence-corrected chi connectivity index (χ3v) is 2.53. The summed E-state index contributed by atoms with van der Waals surface area (Å²) < 4.78 is 2.31. The number of nitrogens with two attached hydrogens (primary N) is 1. The van der Waals surface area contributed by atoms with Crippen LogP contribution in [0.2, 0.25) is 0 Å². The molecule has 0 unspecified atom stereocenters. The van der Waals surface area contributed by atoms with Crippen molar-refractivity contribution >= 4 is 21.9 Å². The monoisotopic (exact) mass is 267 g/mol. The molecule has 0 aliphatic rings. The number of aryl methyl sites for hydroxylation is 1. The van der Waals surface area contributed by atoms with E-state index in [1.807, 2.05) is 25.3 Å². The molecule has 0 saturated heterocycles. The Bertz CT molecular complexity index is 462. The summed E-state index contributed by atoms with van der Waals surface area (Å²) in [6.07, 6.45) is 1.82. The van der Waals surface area contributed by atoms with Crippen LogP contribution in [0.3, 0.4) is 0 Å². The first-order chi connectivity index (χ1) is 7.15. The van der Waals surface area contributed by atoms with Crippen molar-refractivity contribution in [2.24, 2.45) is 0 Å². The van der Waals surface area contributed by atoms with Crippen molar-refractivity contribution in [2.45, 2.75) is 13.5 Å². The van der Waals surface area contributed by atoms with E-state index in [4.69, 9.17) is 5.73 Å². The molecule has 5 nitrogen and oxygen atoms in total. The molecule has 2 aromatic rings. The molecule has 0 aromatic carbocycles. The van der Waals surface area contributed by atoms with Crippen molar-refractivity contribution in [3.63, 3.8) is 0 Å². The summed E-state index contributed by atoms with van der Waals surface area (Å²) >= 11 is 3.28. The zero-order valence-corrected chi connectivity index (χ0v) is 9.77. The minimum Gasteiger partial charge on any atom is -0.366 e. The minimum absolute atomic E-state index is 0.266. The fraction of sp³-hybridized carbons (Fsp3) is 0.222. The van der Waals surface area contributed by atoms with Crippen LogP contribution in [-0.4, -0.2) is 19.7 Å². The van der Waals surface area contributed by atoms with Crippen LogP contribution in [0.4, 0.5) is 5.95 Å². The van der Waals surface area contributed by atoms with Crippen LogP contribution in [-0.2, 0) is 6.54 Å². The summed E-state index contributed by atoms with van der Waals surface area (Å²) in [7, 11) is 0. The van der Waals surface area contributed by atoms with Gasteiger partial charge in [0.25, 0.3) is 0 Å². The van der Waals surface area contributed by atoms with Crippen molar-refractivity contribution in [3.8, 4) is 0 Å². The summed E-state index contributed by atoms with van der Waals surface area (Å²) in [5, 5.41) is 4.04. The molecule has 78 valence electrons. The van der Waals surface area contributed by atoms with Gasteiger partial charge in [-0.3, -0.25) is 4.98 Å². The molecule has 15 heavy (non-hydrogen) atoms. The maximum absolute atomic E-state index is 5.47. The molecule has 0 saturated carbocycles. The Kier molecular flexibility index (Phi) is 2.68. The highest BCUT2D eigenvalue weighted by Gasteiger charge is 2.04. The van der Waals surface area contributed by atoms with Gasteiger partial charge in [0.05, 0.1) is 6.54 Å². The number of nitrogen functional groups attached to an aromatic ring is 1. The lowest BCUT2D eigenvalue weighted by atomic mass is 10.2. The Hall–Kier alpha value is -1.43. The molecule has 2 N–H and O–H groups in total. The highest BCUT2D eigenvalue weighted by molar-refractivity contribution is 9.10. The van der Waals surface area contributed by atoms with Gasteiger partial charge < -0.3 is 5.73 Å². The average molecular weight is 268 g/mol. The zero-order chi connectivity index (χ0) is 10.8. The van der Waals surface area contributed by atoms with Crippen molar-refractivity contribution in [1.82, 2.24) is 19.7 Å². The summed E-state index contributed by atoms with van der Waals surface area (Å²) in [6.45, 7) is 2.56. The van der Waals surface area contributed by atoms with E-state index >= 15 is 0 Å². The number of anilines is 1. The first-order valence-corrected chi connectivity index (χ1v) is 5.22. The quantitative estimate of drug-likeness (QED) is 0.893. The summed E-state index contributed by atoms with van der Waals surface area (Å²) in [5.41, 5.74) is 7.53. The van der Waals surface area contributed by atoms with E-state index in [1.165, 1.54) is 0 Å². The second-order valence-corrected chi connectivity index (χ2v) is 3.91. The van der Waals surface area contributed by atoms with E-state index in [0.717, 1.165) is 11.3 Å². The Balaban J connectivity index is 2.21. The number of nitrogens with zero attached hydrogens (tertiary/aromatic N) is 4. The fourth-order valence-electron chi connectivity index (χ4n) is 1.21. The molecule has 0 spiro atoms. The molecule has 0 amide bonds. The molecule has 0 atom stereocenters. The van der Waals surface area contributed by atoms with Gasteiger partial charge in [-0.25, -0.2) is 4.68 Å². The maximum atomic E-state index is 5.47. The molecule has 6 heteroatoms. The van der Waals surface area contributed by atoms with Crippen LogP contribution in [0, 0.1) is 6.92 Å². The van der Waals surface area contributed by atoms with E-state index in [-0.39, 0.29) is 5.95 Å². The van der Waals surface area contributed by atoms with Gasteiger partial charge in [0, 0.05) is 11.9 Å². The van der Waals surface area contributed by atoms with Crippen LogP contribution in [0.15, 0.2) is 23.1 Å². The van der Waals surface area contributed by atoms with Gasteiger partial charge in [-0.15, -0.1) is 5.10 Å². The van der Waals surface area contributed by atoms with Gasteiger partial charge in [-0.05, 0) is 34.5 Å². The first kappa shape index (κ1) is 10.1. The summed E-state index contributed by atoms with van der Waals surface area (Å²) in [5.74, 6) is 0.266. The van der Waals surface area contributed by atoms with E-state index in [2.05, 4.69) is 31.0 Å². The molecular formula is C9H10BrN5. The van der Waals surface area contributed by atoms with Crippen LogP contribution in [0.25, 0.3) is 0 Å². The molecule has 0 bridgehead atoms. The van der Waals surface area contributed by atoms with Gasteiger partial charge in [0.2, 0.25) is 5.95 Å². The topological polar surface area (TPSA) is 69.6 Å². The molecule has 0 radical (unpaired) electrons. The molecule has 2 rings (SSSR count). The van der Waals surface area contributed by atoms with E-state index in [0.29, 0.717) is 11.3 Å². The number of pyridine rings is 1. The molecule has 0 aliphatic heterocycles. The lowest BCUT2D eigenvalue weighted by Crippen LogP contribution is -2.03. The van der Waals surface area contributed by atoms with Gasteiger partial charge in [0.1, 0.15) is 0 Å². The van der Waals surface area contributed by atoms with Crippen LogP contribution >= 0.6 is 15.9 Å². The van der Waals surface area contributed by atoms with E-state index < -0.39 is 0 Å². The molecular weight excluding hydrogens is 258 g/mol. The highest BCUT2D eigenvalue weighted by Crippen LogP contribution is 2.10. The van der Waals surface area contributed by atoms with Crippen molar-refractivity contribution in [1.29, 1.82) is 0 Å². The molecule has 0 fully saturated rings. The fourth-order valence-corrected chi connectivity index (χ4v) is 1.59. The standard InChI is InChI=1S/C9H10BrN5/c1-6-2-3-7(4-12-6)5-15-8(10)13-9(11)14-15/h2-4H,5H2,1H3,(H2,11,14). The Labute approximate surface area is 95.5 Å². The third kappa shape index (κ3) is 2.33. The molecule has 2 aromatic heterocycles. The number of rotatable bonds is 2. The van der Waals surface area contributed by atoms with Gasteiger partial charge in [-0.1, -0.05) is 6.07 Å². The minimum atomic E-state index is 0.266. The maximum Gasteiger partial charge on any atom is 0.240 e. The zero-order valence-electron chi connectivity index (χ0n) is 8.18. The summed E-state index contributed by atoms with van der Waals surface area (Å²) in [6, 6.07) is 3.97. The third-order valence-electron chi connectivity index (χ3n) is 1.95. The molecule has 2 heterocycles. The van der Waals surface area contributed by atoms with Gasteiger partial charge >= 0.3 is 0 Å². The predicted molar refractivity (Wildman–Crippen MR) is 60.2 cm³/mol. The van der Waals surface area contributed by atoms with Crippen LogP contribution in [0.1, 0.15) is 11.3 Å². The lowest BCUT2D eigenvalue weighted by molar-refractivity contribution is 0.668. The average Bonchev–Trinajstić information content (AvgIpc) is 2.49. The summed E-state index contributed by atoms with van der Waals surface area (Å²) in [4.78, 5) is 8.15. The van der Waals surface area contributed by atoms with E-state index in [1.54, 1.807) is 4.68 Å². The first-order valence-electron chi connectivity index (χ1n) is 4.42. The predicted octanol–water partition coefficient (Wildman–Crippen LogP) is 1.37.